The lowest BCUT2D eigenvalue weighted by Crippen LogP contribution is -2.46. The number of aliphatic hydroxyl groups is 1. The maximum atomic E-state index is 13.5. The van der Waals surface area contributed by atoms with Crippen LogP contribution in [0.2, 0.25) is 0 Å². The molecular weight excluding hydrogens is 464 g/mol. The number of halogens is 2. The average Bonchev–Trinajstić information content (AvgIpc) is 2.80. The summed E-state index contributed by atoms with van der Waals surface area (Å²) >= 11 is 1.27. The molecular formula is C24H23F2N3O4S. The fourth-order valence-electron chi connectivity index (χ4n) is 3.42. The van der Waals surface area contributed by atoms with Crippen molar-refractivity contribution in [3.05, 3.63) is 77.3 Å². The minimum atomic E-state index is -1.32. The van der Waals surface area contributed by atoms with E-state index in [4.69, 9.17) is 0 Å². The molecule has 0 bridgehead atoms. The number of carbonyl (C=O) groups is 2. The lowest BCUT2D eigenvalue weighted by atomic mass is 10.1. The van der Waals surface area contributed by atoms with Crippen molar-refractivity contribution in [3.63, 3.8) is 0 Å². The van der Waals surface area contributed by atoms with Gasteiger partial charge in [-0.2, -0.15) is 0 Å². The molecule has 0 aliphatic heterocycles. The molecule has 0 aliphatic rings. The molecule has 2 aromatic carbocycles. The number of nitrogens with one attached hydrogen (secondary N) is 1. The minimum Gasteiger partial charge on any atom is -0.513 e. The van der Waals surface area contributed by atoms with Gasteiger partial charge in [0.2, 0.25) is 5.91 Å². The second-order valence-electron chi connectivity index (χ2n) is 7.55. The molecule has 1 heterocycles. The summed E-state index contributed by atoms with van der Waals surface area (Å²) < 4.78 is 27.6. The van der Waals surface area contributed by atoms with Gasteiger partial charge in [0.15, 0.2) is 5.78 Å². The van der Waals surface area contributed by atoms with Crippen molar-refractivity contribution in [2.75, 3.05) is 6.67 Å². The quantitative estimate of drug-likeness (QED) is 0.417. The predicted molar refractivity (Wildman–Crippen MR) is 125 cm³/mol. The van der Waals surface area contributed by atoms with Gasteiger partial charge in [-0.05, 0) is 42.8 Å². The van der Waals surface area contributed by atoms with E-state index in [9.17, 15) is 28.3 Å². The molecule has 0 saturated carbocycles. The van der Waals surface area contributed by atoms with Gasteiger partial charge >= 0.3 is 0 Å². The number of ketones is 1. The summed E-state index contributed by atoms with van der Waals surface area (Å²) in [6.07, 6.45) is 1.10. The maximum absolute atomic E-state index is 13.5. The van der Waals surface area contributed by atoms with Crippen LogP contribution in [0.4, 0.5) is 8.78 Å². The van der Waals surface area contributed by atoms with E-state index >= 15 is 0 Å². The SMILES string of the molecule is C=C(O)CC(NC(=O)[C@H](CC)n1cnc2ccc(Sc3cccc(F)c3)cc2c1=O)C(=O)CF. The monoisotopic (exact) mass is 487 g/mol. The molecule has 3 rings (SSSR count). The van der Waals surface area contributed by atoms with Crippen molar-refractivity contribution >= 4 is 34.4 Å². The van der Waals surface area contributed by atoms with Gasteiger partial charge in [0, 0.05) is 16.2 Å². The van der Waals surface area contributed by atoms with E-state index in [1.807, 2.05) is 0 Å². The molecule has 1 amide bonds. The van der Waals surface area contributed by atoms with Gasteiger partial charge in [-0.15, -0.1) is 0 Å². The largest absolute Gasteiger partial charge is 0.513 e. The van der Waals surface area contributed by atoms with Gasteiger partial charge < -0.3 is 10.4 Å². The second kappa shape index (κ2) is 11.1. The highest BCUT2D eigenvalue weighted by atomic mass is 32.2. The van der Waals surface area contributed by atoms with Gasteiger partial charge in [-0.25, -0.2) is 13.8 Å². The molecule has 10 heteroatoms. The first-order valence-corrected chi connectivity index (χ1v) is 11.2. The molecule has 7 nitrogen and oxygen atoms in total. The zero-order valence-electron chi connectivity index (χ0n) is 18.3. The van der Waals surface area contributed by atoms with E-state index in [0.717, 1.165) is 4.57 Å². The highest BCUT2D eigenvalue weighted by molar-refractivity contribution is 7.99. The number of aliphatic hydroxyl groups excluding tert-OH is 1. The first kappa shape index (κ1) is 25.1. The number of hydrogen-bond acceptors (Lipinski definition) is 6. The Morgan fingerprint density at radius 1 is 1.24 bits per heavy atom. The van der Waals surface area contributed by atoms with Crippen molar-refractivity contribution in [1.29, 1.82) is 0 Å². The molecule has 0 saturated heterocycles. The van der Waals surface area contributed by atoms with Crippen LogP contribution in [0.3, 0.4) is 0 Å². The molecule has 0 fully saturated rings. The molecule has 1 aromatic heterocycles. The van der Waals surface area contributed by atoms with Gasteiger partial charge in [0.05, 0.1) is 29.0 Å². The van der Waals surface area contributed by atoms with Crippen LogP contribution in [0, 0.1) is 5.82 Å². The number of benzene rings is 2. The first-order chi connectivity index (χ1) is 16.2. The molecule has 2 N–H and O–H groups in total. The Bertz CT molecular complexity index is 1290. The zero-order valence-corrected chi connectivity index (χ0v) is 19.1. The van der Waals surface area contributed by atoms with Crippen molar-refractivity contribution in [2.45, 2.75) is 41.6 Å². The number of amides is 1. The molecule has 2 atom stereocenters. The Labute approximate surface area is 198 Å². The highest BCUT2D eigenvalue weighted by Gasteiger charge is 2.27. The summed E-state index contributed by atoms with van der Waals surface area (Å²) in [4.78, 5) is 43.6. The minimum absolute atomic E-state index is 0.188. The molecule has 0 radical (unpaired) electrons. The normalized spacial score (nSPS) is 12.8. The Kier molecular flexibility index (Phi) is 8.17. The maximum Gasteiger partial charge on any atom is 0.261 e. The number of nitrogens with zero attached hydrogens (tertiary/aromatic N) is 2. The van der Waals surface area contributed by atoms with Crippen molar-refractivity contribution in [2.24, 2.45) is 0 Å². The van der Waals surface area contributed by atoms with E-state index in [1.54, 1.807) is 37.3 Å². The standard InChI is InChI=1S/C24H23F2N3O4S/c1-3-21(23(32)28-20(9-14(2)30)22(31)12-25)29-13-27-19-8-7-17(11-18(19)24(29)33)34-16-6-4-5-15(26)10-16/h4-8,10-11,13,20-21,30H,2-3,9,12H2,1H3,(H,28,32)/t20?,21-/m0/s1. The third-order valence-electron chi connectivity index (χ3n) is 5.09. The number of hydrogen-bond donors (Lipinski definition) is 2. The first-order valence-electron chi connectivity index (χ1n) is 10.4. The summed E-state index contributed by atoms with van der Waals surface area (Å²) in [5, 5.41) is 12.1. The number of fused-ring (bicyclic) bond motifs is 1. The Hall–Kier alpha value is -3.53. The van der Waals surface area contributed by atoms with Gasteiger partial charge in [-0.1, -0.05) is 31.3 Å². The molecule has 178 valence electrons. The van der Waals surface area contributed by atoms with Crippen LogP contribution < -0.4 is 10.9 Å². The van der Waals surface area contributed by atoms with Crippen LogP contribution >= 0.6 is 11.8 Å². The fraction of sp³-hybridized carbons (Fsp3) is 0.250. The van der Waals surface area contributed by atoms with Crippen molar-refractivity contribution < 1.29 is 23.5 Å². The second-order valence-corrected chi connectivity index (χ2v) is 8.70. The lowest BCUT2D eigenvalue weighted by Gasteiger charge is -2.22. The third-order valence-corrected chi connectivity index (χ3v) is 6.07. The smallest absolute Gasteiger partial charge is 0.261 e. The van der Waals surface area contributed by atoms with E-state index in [-0.39, 0.29) is 29.8 Å². The molecule has 1 unspecified atom stereocenters. The summed E-state index contributed by atoms with van der Waals surface area (Å²) in [5.41, 5.74) is -0.0594. The number of Topliss-reactive ketones (excluding diaryl/α,β-unsaturated/α-hetero) is 1. The summed E-state index contributed by atoms with van der Waals surface area (Å²) in [5.74, 6) is -2.36. The zero-order chi connectivity index (χ0) is 24.8. The Balaban J connectivity index is 1.92. The lowest BCUT2D eigenvalue weighted by molar-refractivity contribution is -0.130. The van der Waals surface area contributed by atoms with Gasteiger partial charge in [-0.3, -0.25) is 19.0 Å². The highest BCUT2D eigenvalue weighted by Crippen LogP contribution is 2.29. The number of carbonyl (C=O) groups excluding carboxylic acids is 2. The Morgan fingerprint density at radius 3 is 2.62 bits per heavy atom. The van der Waals surface area contributed by atoms with E-state index < -0.39 is 36.0 Å². The number of aromatic nitrogens is 2. The molecule has 0 aliphatic carbocycles. The topological polar surface area (TPSA) is 101 Å². The van der Waals surface area contributed by atoms with Crippen molar-refractivity contribution in [3.8, 4) is 0 Å². The molecule has 34 heavy (non-hydrogen) atoms. The van der Waals surface area contributed by atoms with Crippen LogP contribution in [0.1, 0.15) is 25.8 Å². The van der Waals surface area contributed by atoms with Crippen LogP contribution in [-0.4, -0.2) is 39.1 Å². The fourth-order valence-corrected chi connectivity index (χ4v) is 4.32. The van der Waals surface area contributed by atoms with Crippen molar-refractivity contribution in [1.82, 2.24) is 14.9 Å². The average molecular weight is 488 g/mol. The third kappa shape index (κ3) is 5.88. The van der Waals surface area contributed by atoms with E-state index in [1.165, 1.54) is 30.2 Å². The van der Waals surface area contributed by atoms with Gasteiger partial charge in [0.1, 0.15) is 18.5 Å². The van der Waals surface area contributed by atoms with Crippen LogP contribution in [0.15, 0.2) is 75.7 Å². The predicted octanol–water partition coefficient (Wildman–Crippen LogP) is 4.12. The summed E-state index contributed by atoms with van der Waals surface area (Å²) in [7, 11) is 0. The van der Waals surface area contributed by atoms with Gasteiger partial charge in [0.25, 0.3) is 5.56 Å². The summed E-state index contributed by atoms with van der Waals surface area (Å²) in [6.45, 7) is 3.63. The van der Waals surface area contributed by atoms with Crippen LogP contribution in [-0.2, 0) is 9.59 Å². The Morgan fingerprint density at radius 2 is 1.97 bits per heavy atom. The van der Waals surface area contributed by atoms with E-state index in [0.29, 0.717) is 15.3 Å². The van der Waals surface area contributed by atoms with Crippen LogP contribution in [0.25, 0.3) is 10.9 Å². The molecule has 0 spiro atoms. The molecule has 3 aromatic rings. The van der Waals surface area contributed by atoms with E-state index in [2.05, 4.69) is 16.9 Å². The summed E-state index contributed by atoms with van der Waals surface area (Å²) in [6, 6.07) is 8.76. The number of alkyl halides is 1. The number of rotatable bonds is 10. The van der Waals surface area contributed by atoms with Crippen LogP contribution in [0.5, 0.6) is 0 Å².